The lowest BCUT2D eigenvalue weighted by atomic mass is 9.91. The highest BCUT2D eigenvalue weighted by atomic mass is 35.5. The predicted molar refractivity (Wildman–Crippen MR) is 137 cm³/mol. The number of amides is 1. The second-order valence-electron chi connectivity index (χ2n) is 9.82. The average molecular weight is 546 g/mol. The van der Waals surface area contributed by atoms with Crippen molar-refractivity contribution in [1.29, 1.82) is 0 Å². The number of hydrogen-bond acceptors (Lipinski definition) is 3. The normalized spacial score (nSPS) is 16.6. The molecule has 0 fully saturated rings. The molecule has 0 bridgehead atoms. The number of carboxylic acid groups (broad SMARTS) is 1. The minimum absolute atomic E-state index is 0.0218. The van der Waals surface area contributed by atoms with Crippen molar-refractivity contribution in [1.82, 2.24) is 4.90 Å². The van der Waals surface area contributed by atoms with E-state index in [2.05, 4.69) is 0 Å². The third-order valence-electron chi connectivity index (χ3n) is 6.47. The number of nitrogens with zero attached hydrogens (tertiary/aromatic N) is 1. The number of alkyl halides is 3. The van der Waals surface area contributed by atoms with Crippen LogP contribution in [0.5, 0.6) is 5.75 Å². The van der Waals surface area contributed by atoms with Crippen molar-refractivity contribution in [2.45, 2.75) is 50.9 Å². The van der Waals surface area contributed by atoms with Crippen LogP contribution in [0.25, 0.3) is 0 Å². The van der Waals surface area contributed by atoms with Gasteiger partial charge in [-0.15, -0.1) is 0 Å². The van der Waals surface area contributed by atoms with E-state index >= 15 is 0 Å². The van der Waals surface area contributed by atoms with Crippen LogP contribution in [-0.2, 0) is 41.6 Å². The zero-order chi connectivity index (χ0) is 27.5. The first kappa shape index (κ1) is 27.5. The van der Waals surface area contributed by atoms with Gasteiger partial charge < -0.3 is 14.7 Å². The van der Waals surface area contributed by atoms with E-state index in [9.17, 15) is 27.9 Å². The third kappa shape index (κ3) is 7.07. The van der Waals surface area contributed by atoms with Crippen LogP contribution in [0.1, 0.15) is 41.2 Å². The SMILES string of the molecule is CC1(Cc2ccc(Cl)cc2)Cc2cc(CCC(=O)N(CC(=O)O)Cc3cccc(C(F)(F)F)c3)ccc2O1. The number of carbonyl (C=O) groups is 2. The molecule has 1 heterocycles. The van der Waals surface area contributed by atoms with E-state index < -0.39 is 35.8 Å². The summed E-state index contributed by atoms with van der Waals surface area (Å²) in [5.74, 6) is -0.900. The number of fused-ring (bicyclic) bond motifs is 1. The first-order valence-corrected chi connectivity index (χ1v) is 12.5. The van der Waals surface area contributed by atoms with Gasteiger partial charge in [0.25, 0.3) is 0 Å². The van der Waals surface area contributed by atoms with E-state index in [1.54, 1.807) is 0 Å². The molecule has 1 aliphatic heterocycles. The van der Waals surface area contributed by atoms with E-state index in [0.29, 0.717) is 24.3 Å². The number of ether oxygens (including phenoxy) is 1. The molecule has 4 rings (SSSR count). The van der Waals surface area contributed by atoms with Gasteiger partial charge in [0.15, 0.2) is 0 Å². The molecule has 1 atom stereocenters. The van der Waals surface area contributed by atoms with Gasteiger partial charge in [0, 0.05) is 30.8 Å². The summed E-state index contributed by atoms with van der Waals surface area (Å²) in [6, 6.07) is 17.9. The van der Waals surface area contributed by atoms with Crippen LogP contribution in [-0.4, -0.2) is 34.0 Å². The molecule has 1 amide bonds. The highest BCUT2D eigenvalue weighted by Gasteiger charge is 2.35. The quantitative estimate of drug-likeness (QED) is 0.341. The van der Waals surface area contributed by atoms with Gasteiger partial charge in [-0.05, 0) is 65.9 Å². The maximum absolute atomic E-state index is 13.1. The van der Waals surface area contributed by atoms with Crippen molar-refractivity contribution in [2.24, 2.45) is 0 Å². The van der Waals surface area contributed by atoms with Crippen LogP contribution in [0.15, 0.2) is 66.7 Å². The second-order valence-corrected chi connectivity index (χ2v) is 10.3. The first-order chi connectivity index (χ1) is 17.9. The Kier molecular flexibility index (Phi) is 8.02. The maximum atomic E-state index is 13.1. The molecule has 0 saturated heterocycles. The van der Waals surface area contributed by atoms with E-state index in [-0.39, 0.29) is 18.5 Å². The van der Waals surface area contributed by atoms with Gasteiger partial charge >= 0.3 is 12.1 Å². The molecule has 1 unspecified atom stereocenters. The molecule has 3 aromatic rings. The summed E-state index contributed by atoms with van der Waals surface area (Å²) in [6.07, 6.45) is -2.76. The topological polar surface area (TPSA) is 66.8 Å². The molecule has 5 nitrogen and oxygen atoms in total. The van der Waals surface area contributed by atoms with E-state index in [1.165, 1.54) is 12.1 Å². The zero-order valence-corrected chi connectivity index (χ0v) is 21.5. The van der Waals surface area contributed by atoms with Crippen LogP contribution in [0.2, 0.25) is 5.02 Å². The Morgan fingerprint density at radius 2 is 1.74 bits per heavy atom. The molecule has 1 N–H and O–H groups in total. The largest absolute Gasteiger partial charge is 0.487 e. The summed E-state index contributed by atoms with van der Waals surface area (Å²) < 4.78 is 45.4. The van der Waals surface area contributed by atoms with Gasteiger partial charge in [-0.2, -0.15) is 13.2 Å². The van der Waals surface area contributed by atoms with E-state index in [1.807, 2.05) is 49.4 Å². The molecule has 0 aliphatic carbocycles. The lowest BCUT2D eigenvalue weighted by Gasteiger charge is -2.24. The van der Waals surface area contributed by atoms with Crippen molar-refractivity contribution in [3.05, 3.63) is 99.6 Å². The van der Waals surface area contributed by atoms with Gasteiger partial charge in [-0.3, -0.25) is 9.59 Å². The third-order valence-corrected chi connectivity index (χ3v) is 6.72. The van der Waals surface area contributed by atoms with E-state index in [0.717, 1.165) is 39.5 Å². The molecule has 200 valence electrons. The Bertz CT molecular complexity index is 1330. The predicted octanol–water partition coefficient (Wildman–Crippen LogP) is 6.34. The minimum atomic E-state index is -4.53. The molecule has 3 aromatic carbocycles. The van der Waals surface area contributed by atoms with E-state index in [4.69, 9.17) is 16.3 Å². The number of aryl methyl sites for hydroxylation is 1. The van der Waals surface area contributed by atoms with Crippen LogP contribution in [0.3, 0.4) is 0 Å². The van der Waals surface area contributed by atoms with Crippen LogP contribution in [0.4, 0.5) is 13.2 Å². The van der Waals surface area contributed by atoms with Crippen LogP contribution in [0, 0.1) is 0 Å². The van der Waals surface area contributed by atoms with Gasteiger partial charge in [0.05, 0.1) is 5.56 Å². The molecule has 0 radical (unpaired) electrons. The second kappa shape index (κ2) is 11.1. The summed E-state index contributed by atoms with van der Waals surface area (Å²) in [7, 11) is 0. The van der Waals surface area contributed by atoms with Gasteiger partial charge in [0.1, 0.15) is 17.9 Å². The highest BCUT2D eigenvalue weighted by Crippen LogP contribution is 2.38. The summed E-state index contributed by atoms with van der Waals surface area (Å²) >= 11 is 5.98. The smallest absolute Gasteiger partial charge is 0.416 e. The van der Waals surface area contributed by atoms with Gasteiger partial charge in [-0.25, -0.2) is 0 Å². The first-order valence-electron chi connectivity index (χ1n) is 12.1. The van der Waals surface area contributed by atoms with Crippen molar-refractivity contribution >= 4 is 23.5 Å². The number of carboxylic acids is 1. The highest BCUT2D eigenvalue weighted by molar-refractivity contribution is 6.30. The van der Waals surface area contributed by atoms with Crippen molar-refractivity contribution < 1.29 is 32.6 Å². The lowest BCUT2D eigenvalue weighted by molar-refractivity contribution is -0.145. The molecule has 9 heteroatoms. The Morgan fingerprint density at radius 3 is 2.42 bits per heavy atom. The molecular weight excluding hydrogens is 519 g/mol. The Morgan fingerprint density at radius 1 is 1.03 bits per heavy atom. The minimum Gasteiger partial charge on any atom is -0.487 e. The summed E-state index contributed by atoms with van der Waals surface area (Å²) in [5.41, 5.74) is 1.97. The van der Waals surface area contributed by atoms with Crippen molar-refractivity contribution in [3.63, 3.8) is 0 Å². The fourth-order valence-electron chi connectivity index (χ4n) is 4.73. The molecule has 0 saturated carbocycles. The fraction of sp³-hybridized carbons (Fsp3) is 0.310. The maximum Gasteiger partial charge on any atom is 0.416 e. The standard InChI is InChI=1S/C29H27ClF3NO4/c1-28(15-20-5-9-24(30)10-6-20)16-22-13-19(7-11-25(22)38-28)8-12-26(35)34(18-27(36)37)17-21-3-2-4-23(14-21)29(31,32)33/h2-7,9-11,13-14H,8,12,15-18H2,1H3,(H,36,37). The monoisotopic (exact) mass is 545 g/mol. The summed E-state index contributed by atoms with van der Waals surface area (Å²) in [4.78, 5) is 25.3. The van der Waals surface area contributed by atoms with Crippen molar-refractivity contribution in [2.75, 3.05) is 6.54 Å². The number of aliphatic carboxylic acids is 1. The molecular formula is C29H27ClF3NO4. The number of halogens is 4. The summed E-state index contributed by atoms with van der Waals surface area (Å²) in [5, 5.41) is 9.93. The van der Waals surface area contributed by atoms with Crippen LogP contribution < -0.4 is 4.74 Å². The molecule has 0 spiro atoms. The number of carbonyl (C=O) groups excluding carboxylic acids is 1. The number of benzene rings is 3. The van der Waals surface area contributed by atoms with Gasteiger partial charge in [0.2, 0.25) is 5.91 Å². The Balaban J connectivity index is 1.40. The number of rotatable bonds is 9. The molecule has 38 heavy (non-hydrogen) atoms. The molecule has 1 aliphatic rings. The number of hydrogen-bond donors (Lipinski definition) is 1. The van der Waals surface area contributed by atoms with Crippen LogP contribution >= 0.6 is 11.6 Å². The Hall–Kier alpha value is -3.52. The zero-order valence-electron chi connectivity index (χ0n) is 20.7. The summed E-state index contributed by atoms with van der Waals surface area (Å²) in [6.45, 7) is 1.22. The Labute approximate surface area is 223 Å². The van der Waals surface area contributed by atoms with Crippen molar-refractivity contribution in [3.8, 4) is 5.75 Å². The molecule has 0 aromatic heterocycles. The average Bonchev–Trinajstić information content (AvgIpc) is 3.18. The fourth-order valence-corrected chi connectivity index (χ4v) is 4.86. The van der Waals surface area contributed by atoms with Gasteiger partial charge in [-0.1, -0.05) is 48.0 Å². The lowest BCUT2D eigenvalue weighted by Crippen LogP contribution is -2.35.